The number of hydrogen-bond acceptors (Lipinski definition) is 3. The molecule has 0 aliphatic rings. The van der Waals surface area contributed by atoms with Crippen LogP contribution in [0.25, 0.3) is 0 Å². The topological polar surface area (TPSA) is 48.7 Å². The Morgan fingerprint density at radius 2 is 2.43 bits per heavy atom. The van der Waals surface area contributed by atoms with Crippen molar-refractivity contribution in [1.29, 1.82) is 5.26 Å². The van der Waals surface area contributed by atoms with Crippen LogP contribution in [0.5, 0.6) is 0 Å². The summed E-state index contributed by atoms with van der Waals surface area (Å²) >= 11 is 3.41. The molecule has 1 aromatic heterocycles. The fourth-order valence-corrected chi connectivity index (χ4v) is 1.56. The van der Waals surface area contributed by atoms with Gasteiger partial charge in [0.25, 0.3) is 0 Å². The Bertz CT molecular complexity index is 357. The van der Waals surface area contributed by atoms with Crippen LogP contribution in [-0.4, -0.2) is 11.5 Å². The molecule has 0 saturated carbocycles. The number of nitriles is 1. The predicted octanol–water partition coefficient (Wildman–Crippen LogP) is 2.72. The van der Waals surface area contributed by atoms with Gasteiger partial charge in [0.2, 0.25) is 0 Å². The van der Waals surface area contributed by atoms with E-state index in [1.165, 1.54) is 0 Å². The van der Waals surface area contributed by atoms with E-state index >= 15 is 0 Å². The number of rotatable bonds is 3. The first-order valence-corrected chi connectivity index (χ1v) is 5.18. The van der Waals surface area contributed by atoms with Crippen LogP contribution < -0.4 is 5.32 Å². The van der Waals surface area contributed by atoms with E-state index < -0.39 is 0 Å². The van der Waals surface area contributed by atoms with Crippen molar-refractivity contribution in [2.24, 2.45) is 5.92 Å². The van der Waals surface area contributed by atoms with E-state index in [9.17, 15) is 0 Å². The fourth-order valence-electron chi connectivity index (χ4n) is 0.959. The third-order valence-electron chi connectivity index (χ3n) is 1.77. The molecule has 1 heterocycles. The number of anilines is 1. The molecule has 1 N–H and O–H groups in total. The van der Waals surface area contributed by atoms with E-state index in [2.05, 4.69) is 32.3 Å². The van der Waals surface area contributed by atoms with Crippen LogP contribution in [-0.2, 0) is 0 Å². The van der Waals surface area contributed by atoms with Crippen LogP contribution in [0.2, 0.25) is 0 Å². The highest BCUT2D eigenvalue weighted by molar-refractivity contribution is 9.10. The number of aryl methyl sites for hydroxylation is 1. The average Bonchev–Trinajstić information content (AvgIpc) is 2.16. The van der Waals surface area contributed by atoms with Crippen molar-refractivity contribution in [2.75, 3.05) is 11.9 Å². The zero-order valence-electron chi connectivity index (χ0n) is 8.21. The van der Waals surface area contributed by atoms with E-state index in [0.29, 0.717) is 6.54 Å². The van der Waals surface area contributed by atoms with Crippen LogP contribution in [0.1, 0.15) is 12.5 Å². The zero-order chi connectivity index (χ0) is 10.6. The van der Waals surface area contributed by atoms with Crippen LogP contribution in [0.4, 0.5) is 5.82 Å². The summed E-state index contributed by atoms with van der Waals surface area (Å²) in [6, 6.07) is 4.15. The van der Waals surface area contributed by atoms with Gasteiger partial charge < -0.3 is 5.32 Å². The molecule has 0 amide bonds. The Kier molecular flexibility index (Phi) is 3.90. The Morgan fingerprint density at radius 3 is 3.00 bits per heavy atom. The van der Waals surface area contributed by atoms with Gasteiger partial charge in [-0.1, -0.05) is 0 Å². The van der Waals surface area contributed by atoms with Gasteiger partial charge in [0.05, 0.1) is 16.5 Å². The number of aromatic nitrogens is 1. The van der Waals surface area contributed by atoms with Gasteiger partial charge in [0.15, 0.2) is 0 Å². The highest BCUT2D eigenvalue weighted by Gasteiger charge is 2.03. The fraction of sp³-hybridized carbons (Fsp3) is 0.400. The maximum Gasteiger partial charge on any atom is 0.140 e. The molecule has 1 atom stereocenters. The van der Waals surface area contributed by atoms with Crippen molar-refractivity contribution in [1.82, 2.24) is 4.98 Å². The summed E-state index contributed by atoms with van der Waals surface area (Å²) in [4.78, 5) is 4.22. The largest absolute Gasteiger partial charge is 0.368 e. The standard InChI is InChI=1S/C10H12BrN3/c1-7-3-9(11)10(13-5-7)14-6-8(2)4-12/h3,5,8H,6H2,1-2H3,(H,13,14). The molecular weight excluding hydrogens is 242 g/mol. The molecule has 14 heavy (non-hydrogen) atoms. The molecule has 0 aromatic carbocycles. The first kappa shape index (κ1) is 11.0. The molecule has 1 aromatic rings. The second-order valence-corrected chi connectivity index (χ2v) is 4.11. The Balaban J connectivity index is 2.64. The van der Waals surface area contributed by atoms with Gasteiger partial charge in [0.1, 0.15) is 5.82 Å². The van der Waals surface area contributed by atoms with Gasteiger partial charge in [-0.15, -0.1) is 0 Å². The van der Waals surface area contributed by atoms with E-state index in [4.69, 9.17) is 5.26 Å². The monoisotopic (exact) mass is 253 g/mol. The normalized spacial score (nSPS) is 11.9. The number of halogens is 1. The van der Waals surface area contributed by atoms with Gasteiger partial charge >= 0.3 is 0 Å². The van der Waals surface area contributed by atoms with Crippen molar-refractivity contribution < 1.29 is 0 Å². The lowest BCUT2D eigenvalue weighted by Gasteiger charge is -2.08. The van der Waals surface area contributed by atoms with Crippen LogP contribution in [0.3, 0.4) is 0 Å². The molecule has 1 rings (SSSR count). The maximum absolute atomic E-state index is 8.60. The minimum absolute atomic E-state index is 0.00926. The highest BCUT2D eigenvalue weighted by Crippen LogP contribution is 2.20. The van der Waals surface area contributed by atoms with Crippen molar-refractivity contribution in [3.05, 3.63) is 22.3 Å². The molecule has 0 spiro atoms. The number of nitrogens with zero attached hydrogens (tertiary/aromatic N) is 2. The van der Waals surface area contributed by atoms with Crippen molar-refractivity contribution in [3.63, 3.8) is 0 Å². The second kappa shape index (κ2) is 4.97. The first-order valence-electron chi connectivity index (χ1n) is 4.39. The Hall–Kier alpha value is -1.08. The number of pyridine rings is 1. The number of nitrogens with one attached hydrogen (secondary N) is 1. The third-order valence-corrected chi connectivity index (χ3v) is 2.38. The minimum Gasteiger partial charge on any atom is -0.368 e. The van der Waals surface area contributed by atoms with Gasteiger partial charge in [-0.2, -0.15) is 5.26 Å². The summed E-state index contributed by atoms with van der Waals surface area (Å²) in [5.41, 5.74) is 1.11. The maximum atomic E-state index is 8.60. The van der Waals surface area contributed by atoms with Crippen LogP contribution in [0, 0.1) is 24.2 Å². The van der Waals surface area contributed by atoms with Gasteiger partial charge in [0, 0.05) is 12.7 Å². The van der Waals surface area contributed by atoms with Gasteiger partial charge in [-0.25, -0.2) is 4.98 Å². The summed E-state index contributed by atoms with van der Waals surface area (Å²) in [7, 11) is 0. The Morgan fingerprint density at radius 1 is 1.71 bits per heavy atom. The lowest BCUT2D eigenvalue weighted by Crippen LogP contribution is -2.10. The van der Waals surface area contributed by atoms with Gasteiger partial charge in [-0.05, 0) is 41.4 Å². The molecule has 1 unspecified atom stereocenters. The van der Waals surface area contributed by atoms with Gasteiger partial charge in [-0.3, -0.25) is 0 Å². The molecule has 74 valence electrons. The van der Waals surface area contributed by atoms with Crippen molar-refractivity contribution in [2.45, 2.75) is 13.8 Å². The molecule has 0 aliphatic heterocycles. The molecule has 0 saturated heterocycles. The van der Waals surface area contributed by atoms with Crippen molar-refractivity contribution >= 4 is 21.7 Å². The summed E-state index contributed by atoms with van der Waals surface area (Å²) in [6.45, 7) is 4.47. The van der Waals surface area contributed by atoms with E-state index in [-0.39, 0.29) is 5.92 Å². The summed E-state index contributed by atoms with van der Waals surface area (Å²) in [5, 5.41) is 11.7. The quantitative estimate of drug-likeness (QED) is 0.902. The van der Waals surface area contributed by atoms with Crippen molar-refractivity contribution in [3.8, 4) is 6.07 Å². The first-order chi connectivity index (χ1) is 6.63. The molecular formula is C10H12BrN3. The summed E-state index contributed by atoms with van der Waals surface area (Å²) in [6.07, 6.45) is 1.80. The minimum atomic E-state index is -0.00926. The van der Waals surface area contributed by atoms with E-state index in [0.717, 1.165) is 15.9 Å². The second-order valence-electron chi connectivity index (χ2n) is 3.25. The lowest BCUT2D eigenvalue weighted by molar-refractivity contribution is 0.782. The lowest BCUT2D eigenvalue weighted by atomic mass is 10.2. The smallest absolute Gasteiger partial charge is 0.140 e. The average molecular weight is 254 g/mol. The predicted molar refractivity (Wildman–Crippen MR) is 59.9 cm³/mol. The van der Waals surface area contributed by atoms with E-state index in [1.54, 1.807) is 6.20 Å². The summed E-state index contributed by atoms with van der Waals surface area (Å²) in [5.74, 6) is 0.780. The molecule has 0 fully saturated rings. The molecule has 3 nitrogen and oxygen atoms in total. The SMILES string of the molecule is Cc1cnc(NCC(C)C#N)c(Br)c1. The third kappa shape index (κ3) is 3.00. The molecule has 0 aliphatic carbocycles. The van der Waals surface area contributed by atoms with Crippen LogP contribution in [0.15, 0.2) is 16.7 Å². The molecule has 4 heteroatoms. The van der Waals surface area contributed by atoms with E-state index in [1.807, 2.05) is 19.9 Å². The Labute approximate surface area is 92.3 Å². The van der Waals surface area contributed by atoms with Crippen LogP contribution >= 0.6 is 15.9 Å². The zero-order valence-corrected chi connectivity index (χ0v) is 9.80. The molecule has 0 bridgehead atoms. The highest BCUT2D eigenvalue weighted by atomic mass is 79.9. The number of hydrogen-bond donors (Lipinski definition) is 1. The summed E-state index contributed by atoms with van der Waals surface area (Å²) < 4.78 is 0.933. The molecule has 0 radical (unpaired) electrons.